The van der Waals surface area contributed by atoms with Crippen LogP contribution >= 0.6 is 0 Å². The molecule has 0 amide bonds. The second-order valence-corrected chi connectivity index (χ2v) is 13.7. The lowest BCUT2D eigenvalue weighted by Gasteiger charge is -2.12. The fourth-order valence-corrected chi connectivity index (χ4v) is 8.94. The van der Waals surface area contributed by atoms with Gasteiger partial charge in [0, 0.05) is 43.6 Å². The molecule has 12 aromatic rings. The molecule has 0 unspecified atom stereocenters. The summed E-state index contributed by atoms with van der Waals surface area (Å²) in [5.41, 5.74) is 8.66. The Hall–Kier alpha value is -7.04. The van der Waals surface area contributed by atoms with Gasteiger partial charge in [0.15, 0.2) is 0 Å². The zero-order chi connectivity index (χ0) is 33.9. The normalized spacial score (nSPS) is 12.2. The summed E-state index contributed by atoms with van der Waals surface area (Å²) < 4.78 is 4.78. The van der Waals surface area contributed by atoms with Crippen molar-refractivity contribution < 1.29 is 0 Å². The van der Waals surface area contributed by atoms with Crippen LogP contribution in [0.3, 0.4) is 0 Å². The molecule has 3 aromatic heterocycles. The highest BCUT2D eigenvalue weighted by Gasteiger charge is 2.26. The average molecular weight is 661 g/mol. The molecule has 0 aliphatic heterocycles. The van der Waals surface area contributed by atoms with E-state index in [1.54, 1.807) is 0 Å². The Morgan fingerprint density at radius 2 is 0.962 bits per heavy atom. The Morgan fingerprint density at radius 1 is 0.365 bits per heavy atom. The first kappa shape index (κ1) is 27.7. The van der Waals surface area contributed by atoms with Crippen LogP contribution < -0.4 is 0 Å². The summed E-state index contributed by atoms with van der Waals surface area (Å²) in [5.74, 6) is 0.666. The van der Waals surface area contributed by atoms with Crippen LogP contribution in [0.15, 0.2) is 170 Å². The number of fused-ring (bicyclic) bond motifs is 6. The van der Waals surface area contributed by atoms with E-state index >= 15 is 0 Å². The van der Waals surface area contributed by atoms with Crippen molar-refractivity contribution >= 4 is 86.8 Å². The van der Waals surface area contributed by atoms with Gasteiger partial charge in [0.25, 0.3) is 0 Å². The third-order valence-electron chi connectivity index (χ3n) is 11.0. The van der Waals surface area contributed by atoms with Crippen molar-refractivity contribution in [3.63, 3.8) is 0 Å². The number of benzene rings is 8. The maximum Gasteiger partial charge on any atom is 0.235 e. The first-order valence-electron chi connectivity index (χ1n) is 17.8. The SMILES string of the molecule is c1ccc(-c2nc(-n3c4cccc5c6ccccc6c6cc7ccccc7c7c6c6c(c54)c3ccc6n7-c3ccccc3)nc3ccccc23)cc1. The van der Waals surface area contributed by atoms with Crippen molar-refractivity contribution in [2.75, 3.05) is 0 Å². The molecule has 3 heterocycles. The molecule has 0 aliphatic rings. The summed E-state index contributed by atoms with van der Waals surface area (Å²) in [5, 5.41) is 13.4. The number of hydrogen-bond donors (Lipinski definition) is 0. The standard InChI is InChI=1S/C48H28N4/c1-3-14-29(15-4-1)46-36-22-11-12-24-38(36)49-48(50-46)52-39-25-13-23-35-33-20-9-10-21-34(33)37-28-30-16-7-8-19-32(30)47-43(37)45-40(26-27-41(52)44(45)42(35)39)51(47)31-17-5-2-6-18-31/h1-28H. The number of rotatable bonds is 3. The molecular formula is C48H28N4. The van der Waals surface area contributed by atoms with Crippen LogP contribution in [0.5, 0.6) is 0 Å². The first-order valence-corrected chi connectivity index (χ1v) is 17.8. The molecule has 0 N–H and O–H groups in total. The number of para-hydroxylation sites is 2. The molecule has 0 saturated carbocycles. The van der Waals surface area contributed by atoms with E-state index in [0.717, 1.165) is 38.9 Å². The molecule has 0 bridgehead atoms. The van der Waals surface area contributed by atoms with Gasteiger partial charge >= 0.3 is 0 Å². The summed E-state index contributed by atoms with van der Waals surface area (Å²) in [4.78, 5) is 10.7. The quantitative estimate of drug-likeness (QED) is 0.189. The highest BCUT2D eigenvalue weighted by molar-refractivity contribution is 6.41. The zero-order valence-corrected chi connectivity index (χ0v) is 28.0. The van der Waals surface area contributed by atoms with Gasteiger partial charge in [0.1, 0.15) is 0 Å². The van der Waals surface area contributed by atoms with Gasteiger partial charge in [-0.3, -0.25) is 4.57 Å². The molecule has 0 atom stereocenters. The van der Waals surface area contributed by atoms with Crippen LogP contribution in [0.1, 0.15) is 0 Å². The predicted octanol–water partition coefficient (Wildman–Crippen LogP) is 12.4. The van der Waals surface area contributed by atoms with E-state index in [9.17, 15) is 0 Å². The Balaban J connectivity index is 1.37. The second kappa shape index (κ2) is 10.3. The largest absolute Gasteiger partial charge is 0.309 e. The molecule has 52 heavy (non-hydrogen) atoms. The molecule has 9 aromatic carbocycles. The van der Waals surface area contributed by atoms with Crippen LogP contribution in [0, 0.1) is 0 Å². The van der Waals surface area contributed by atoms with Crippen molar-refractivity contribution in [2.45, 2.75) is 0 Å². The molecule has 0 fully saturated rings. The molecule has 0 saturated heterocycles. The Morgan fingerprint density at radius 3 is 1.77 bits per heavy atom. The summed E-state index contributed by atoms with van der Waals surface area (Å²) in [6.07, 6.45) is 0. The Bertz CT molecular complexity index is 3390. The highest BCUT2D eigenvalue weighted by atomic mass is 15.2. The smallest absolute Gasteiger partial charge is 0.235 e. The predicted molar refractivity (Wildman–Crippen MR) is 217 cm³/mol. The molecular weight excluding hydrogens is 633 g/mol. The lowest BCUT2D eigenvalue weighted by molar-refractivity contribution is 1.01. The highest BCUT2D eigenvalue weighted by Crippen LogP contribution is 2.49. The van der Waals surface area contributed by atoms with Gasteiger partial charge < -0.3 is 4.57 Å². The third kappa shape index (κ3) is 3.60. The van der Waals surface area contributed by atoms with Gasteiger partial charge in [0.2, 0.25) is 5.95 Å². The number of hydrogen-bond acceptors (Lipinski definition) is 2. The lowest BCUT2D eigenvalue weighted by atomic mass is 9.93. The Kier molecular flexibility index (Phi) is 5.47. The van der Waals surface area contributed by atoms with E-state index in [1.165, 1.54) is 64.9 Å². The monoisotopic (exact) mass is 660 g/mol. The fourth-order valence-electron chi connectivity index (χ4n) is 8.94. The fraction of sp³-hybridized carbons (Fsp3) is 0. The van der Waals surface area contributed by atoms with Crippen LogP contribution in [0.4, 0.5) is 0 Å². The van der Waals surface area contributed by atoms with E-state index in [2.05, 4.69) is 179 Å². The van der Waals surface area contributed by atoms with Crippen LogP contribution in [0.2, 0.25) is 0 Å². The topological polar surface area (TPSA) is 35.6 Å². The molecule has 4 nitrogen and oxygen atoms in total. The molecule has 0 aliphatic carbocycles. The van der Waals surface area contributed by atoms with Gasteiger partial charge in [-0.2, -0.15) is 0 Å². The van der Waals surface area contributed by atoms with Crippen molar-refractivity contribution in [2.24, 2.45) is 0 Å². The van der Waals surface area contributed by atoms with E-state index in [-0.39, 0.29) is 0 Å². The number of aromatic nitrogens is 4. The van der Waals surface area contributed by atoms with Gasteiger partial charge in [-0.05, 0) is 69.4 Å². The van der Waals surface area contributed by atoms with Crippen molar-refractivity contribution in [1.29, 1.82) is 0 Å². The van der Waals surface area contributed by atoms with Gasteiger partial charge in [0.05, 0.1) is 33.3 Å². The van der Waals surface area contributed by atoms with Gasteiger partial charge in [-0.15, -0.1) is 0 Å². The average Bonchev–Trinajstić information content (AvgIpc) is 3.74. The summed E-state index contributed by atoms with van der Waals surface area (Å²) in [7, 11) is 0. The maximum atomic E-state index is 5.41. The van der Waals surface area contributed by atoms with Crippen molar-refractivity contribution in [1.82, 2.24) is 19.1 Å². The zero-order valence-electron chi connectivity index (χ0n) is 28.0. The van der Waals surface area contributed by atoms with E-state index < -0.39 is 0 Å². The number of nitrogens with zero attached hydrogens (tertiary/aromatic N) is 4. The first-order chi connectivity index (χ1) is 25.8. The lowest BCUT2D eigenvalue weighted by Crippen LogP contribution is -2.03. The van der Waals surface area contributed by atoms with E-state index in [1.807, 2.05) is 0 Å². The minimum Gasteiger partial charge on any atom is -0.309 e. The maximum absolute atomic E-state index is 5.41. The van der Waals surface area contributed by atoms with Crippen LogP contribution in [-0.4, -0.2) is 19.1 Å². The van der Waals surface area contributed by atoms with Crippen molar-refractivity contribution in [3.8, 4) is 22.9 Å². The van der Waals surface area contributed by atoms with E-state index in [0.29, 0.717) is 5.95 Å². The van der Waals surface area contributed by atoms with Gasteiger partial charge in [-0.25, -0.2) is 9.97 Å². The minimum atomic E-state index is 0.666. The van der Waals surface area contributed by atoms with Crippen molar-refractivity contribution in [3.05, 3.63) is 170 Å². The molecule has 240 valence electrons. The molecule has 0 spiro atoms. The minimum absolute atomic E-state index is 0.666. The summed E-state index contributed by atoms with van der Waals surface area (Å²) in [6, 6.07) is 61.1. The molecule has 0 radical (unpaired) electrons. The van der Waals surface area contributed by atoms with Gasteiger partial charge in [-0.1, -0.05) is 127 Å². The molecule has 12 rings (SSSR count). The van der Waals surface area contributed by atoms with Crippen LogP contribution in [-0.2, 0) is 0 Å². The Labute approximate surface area is 297 Å². The summed E-state index contributed by atoms with van der Waals surface area (Å²) >= 11 is 0. The summed E-state index contributed by atoms with van der Waals surface area (Å²) in [6.45, 7) is 0. The second-order valence-electron chi connectivity index (χ2n) is 13.7. The molecule has 4 heteroatoms. The van der Waals surface area contributed by atoms with E-state index in [4.69, 9.17) is 9.97 Å². The van der Waals surface area contributed by atoms with Crippen LogP contribution in [0.25, 0.3) is 110 Å². The third-order valence-corrected chi connectivity index (χ3v) is 11.0.